The van der Waals surface area contributed by atoms with Crippen LogP contribution in [0.2, 0.25) is 0 Å². The van der Waals surface area contributed by atoms with Gasteiger partial charge in [-0.1, -0.05) is 0 Å². The highest BCUT2D eigenvalue weighted by Gasteiger charge is 2.24. The van der Waals surface area contributed by atoms with Crippen LogP contribution in [-0.2, 0) is 25.6 Å². The number of nitrogens with one attached hydrogen (secondary N) is 4. The van der Waals surface area contributed by atoms with Gasteiger partial charge in [0.1, 0.15) is 12.1 Å². The van der Waals surface area contributed by atoms with Gasteiger partial charge < -0.3 is 42.0 Å². The number of carboxylic acid groups (broad SMARTS) is 1. The summed E-state index contributed by atoms with van der Waals surface area (Å²) in [5.41, 5.74) is 6.32. The Balaban J connectivity index is 2.47. The molecule has 0 aromatic carbocycles. The molecule has 0 spiro atoms. The Hall–Kier alpha value is -3.03. The molecule has 13 nitrogen and oxygen atoms in total. The monoisotopic (exact) mass is 386 g/mol. The SMILES string of the molecule is NC(Cc1cnc[nH]1)C(=O)NC(CO)C(=O)NCC(=O)NC(CO)C(=O)O. The van der Waals surface area contributed by atoms with Gasteiger partial charge in [0.15, 0.2) is 0 Å². The van der Waals surface area contributed by atoms with Gasteiger partial charge >= 0.3 is 5.97 Å². The number of nitrogens with zero attached hydrogens (tertiary/aromatic N) is 1. The first-order valence-electron chi connectivity index (χ1n) is 7.83. The maximum absolute atomic E-state index is 12.0. The predicted octanol–water partition coefficient (Wildman–Crippen LogP) is -4.57. The predicted molar refractivity (Wildman–Crippen MR) is 88.9 cm³/mol. The summed E-state index contributed by atoms with van der Waals surface area (Å²) in [5, 5.41) is 33.1. The lowest BCUT2D eigenvalue weighted by Crippen LogP contribution is -2.55. The second-order valence-corrected chi connectivity index (χ2v) is 5.49. The molecule has 0 fully saturated rings. The van der Waals surface area contributed by atoms with Gasteiger partial charge in [0, 0.05) is 18.3 Å². The number of carbonyl (C=O) groups is 4. The van der Waals surface area contributed by atoms with E-state index < -0.39 is 61.6 Å². The summed E-state index contributed by atoms with van der Waals surface area (Å²) in [5.74, 6) is -3.88. The summed E-state index contributed by atoms with van der Waals surface area (Å²) >= 11 is 0. The van der Waals surface area contributed by atoms with Crippen molar-refractivity contribution in [2.75, 3.05) is 19.8 Å². The van der Waals surface area contributed by atoms with Crippen LogP contribution in [0, 0.1) is 0 Å². The molecule has 3 atom stereocenters. The molecule has 0 bridgehead atoms. The number of aliphatic hydroxyl groups is 2. The van der Waals surface area contributed by atoms with Gasteiger partial charge in [-0.05, 0) is 0 Å². The topological polar surface area (TPSA) is 220 Å². The maximum Gasteiger partial charge on any atom is 0.328 e. The highest BCUT2D eigenvalue weighted by molar-refractivity contribution is 5.92. The number of carboxylic acids is 1. The molecule has 1 aromatic heterocycles. The van der Waals surface area contributed by atoms with E-state index in [1.165, 1.54) is 12.5 Å². The molecule has 0 aliphatic heterocycles. The van der Waals surface area contributed by atoms with Crippen molar-refractivity contribution in [3.05, 3.63) is 18.2 Å². The van der Waals surface area contributed by atoms with E-state index >= 15 is 0 Å². The minimum absolute atomic E-state index is 0.131. The van der Waals surface area contributed by atoms with Crippen LogP contribution in [0.3, 0.4) is 0 Å². The van der Waals surface area contributed by atoms with Crippen molar-refractivity contribution in [1.29, 1.82) is 0 Å². The van der Waals surface area contributed by atoms with E-state index in [1.54, 1.807) is 0 Å². The molecular weight excluding hydrogens is 364 g/mol. The summed E-state index contributed by atoms with van der Waals surface area (Å²) in [4.78, 5) is 52.8. The molecular formula is C14H22N6O7. The molecule has 27 heavy (non-hydrogen) atoms. The van der Waals surface area contributed by atoms with Crippen molar-refractivity contribution < 1.29 is 34.5 Å². The van der Waals surface area contributed by atoms with Crippen molar-refractivity contribution >= 4 is 23.7 Å². The zero-order valence-corrected chi connectivity index (χ0v) is 14.2. The molecule has 1 aromatic rings. The molecule has 3 amide bonds. The number of hydrogen-bond acceptors (Lipinski definition) is 8. The van der Waals surface area contributed by atoms with Crippen LogP contribution in [0.15, 0.2) is 12.5 Å². The summed E-state index contributed by atoms with van der Waals surface area (Å²) in [6.45, 7) is -2.18. The fourth-order valence-electron chi connectivity index (χ4n) is 1.92. The second kappa shape index (κ2) is 10.8. The third kappa shape index (κ3) is 7.39. The number of imidazole rings is 1. The smallest absolute Gasteiger partial charge is 0.328 e. The molecule has 150 valence electrons. The number of aliphatic carboxylic acids is 1. The summed E-state index contributed by atoms with van der Waals surface area (Å²) in [6, 6.07) is -3.87. The van der Waals surface area contributed by atoms with E-state index in [1.807, 2.05) is 5.32 Å². The number of aromatic amines is 1. The number of carbonyl (C=O) groups excluding carboxylic acids is 3. The fraction of sp³-hybridized carbons (Fsp3) is 0.500. The molecule has 0 saturated heterocycles. The molecule has 1 rings (SSSR count). The lowest BCUT2D eigenvalue weighted by Gasteiger charge is -2.19. The molecule has 0 aliphatic carbocycles. The first kappa shape index (κ1) is 22.0. The first-order valence-corrected chi connectivity index (χ1v) is 7.83. The van der Waals surface area contributed by atoms with Crippen molar-refractivity contribution in [3.8, 4) is 0 Å². The van der Waals surface area contributed by atoms with Crippen LogP contribution < -0.4 is 21.7 Å². The largest absolute Gasteiger partial charge is 0.480 e. The van der Waals surface area contributed by atoms with E-state index in [2.05, 4.69) is 20.6 Å². The molecule has 1 heterocycles. The third-order valence-electron chi connectivity index (χ3n) is 3.39. The van der Waals surface area contributed by atoms with Crippen molar-refractivity contribution in [2.24, 2.45) is 5.73 Å². The zero-order chi connectivity index (χ0) is 20.4. The lowest BCUT2D eigenvalue weighted by molar-refractivity contribution is -0.142. The van der Waals surface area contributed by atoms with Gasteiger partial charge in [-0.3, -0.25) is 14.4 Å². The van der Waals surface area contributed by atoms with Gasteiger partial charge in [0.05, 0.1) is 32.1 Å². The van der Waals surface area contributed by atoms with E-state index in [9.17, 15) is 24.3 Å². The molecule has 13 heteroatoms. The van der Waals surface area contributed by atoms with Crippen molar-refractivity contribution in [3.63, 3.8) is 0 Å². The summed E-state index contributed by atoms with van der Waals surface area (Å²) < 4.78 is 0. The van der Waals surface area contributed by atoms with Gasteiger partial charge in [-0.2, -0.15) is 0 Å². The Morgan fingerprint density at radius 2 is 1.78 bits per heavy atom. The van der Waals surface area contributed by atoms with E-state index in [4.69, 9.17) is 15.9 Å². The number of H-pyrrole nitrogens is 1. The minimum Gasteiger partial charge on any atom is -0.480 e. The Morgan fingerprint density at radius 3 is 2.30 bits per heavy atom. The van der Waals surface area contributed by atoms with Gasteiger partial charge in [0.2, 0.25) is 17.7 Å². The Labute approximate surface area is 153 Å². The molecule has 9 N–H and O–H groups in total. The second-order valence-electron chi connectivity index (χ2n) is 5.49. The lowest BCUT2D eigenvalue weighted by atomic mass is 10.1. The van der Waals surface area contributed by atoms with Crippen LogP contribution in [0.5, 0.6) is 0 Å². The average molecular weight is 386 g/mol. The number of aliphatic hydroxyl groups excluding tert-OH is 2. The van der Waals surface area contributed by atoms with Crippen LogP contribution in [0.4, 0.5) is 0 Å². The van der Waals surface area contributed by atoms with Crippen LogP contribution >= 0.6 is 0 Å². The van der Waals surface area contributed by atoms with Crippen LogP contribution in [0.25, 0.3) is 0 Å². The minimum atomic E-state index is -1.51. The first-order chi connectivity index (χ1) is 12.8. The summed E-state index contributed by atoms with van der Waals surface area (Å²) in [7, 11) is 0. The Kier molecular flexibility index (Phi) is 8.84. The van der Waals surface area contributed by atoms with Crippen LogP contribution in [-0.4, -0.2) is 86.9 Å². The number of amides is 3. The van der Waals surface area contributed by atoms with Crippen LogP contribution in [0.1, 0.15) is 5.69 Å². The Morgan fingerprint density at radius 1 is 1.11 bits per heavy atom. The number of hydrogen-bond donors (Lipinski definition) is 8. The van der Waals surface area contributed by atoms with Gasteiger partial charge in [0.25, 0.3) is 0 Å². The average Bonchev–Trinajstić information content (AvgIpc) is 3.14. The zero-order valence-electron chi connectivity index (χ0n) is 14.2. The number of aromatic nitrogens is 2. The molecule has 3 unspecified atom stereocenters. The van der Waals surface area contributed by atoms with Crippen molar-refractivity contribution in [2.45, 2.75) is 24.5 Å². The third-order valence-corrected chi connectivity index (χ3v) is 3.39. The number of rotatable bonds is 11. The van der Waals surface area contributed by atoms with E-state index in [-0.39, 0.29) is 6.42 Å². The quantitative estimate of drug-likeness (QED) is 0.183. The summed E-state index contributed by atoms with van der Waals surface area (Å²) in [6.07, 6.45) is 3.03. The molecule has 0 aliphatic rings. The fourth-order valence-corrected chi connectivity index (χ4v) is 1.92. The van der Waals surface area contributed by atoms with Gasteiger partial charge in [-0.25, -0.2) is 9.78 Å². The molecule has 0 radical (unpaired) electrons. The molecule has 0 saturated carbocycles. The maximum atomic E-state index is 12.0. The highest BCUT2D eigenvalue weighted by atomic mass is 16.4. The Bertz CT molecular complexity index is 650. The standard InChI is InChI=1S/C14H22N6O7/c15-8(1-7-2-16-6-18-7)12(24)20-9(4-21)13(25)17-3-11(23)19-10(5-22)14(26)27/h2,6,8-10,21-22H,1,3-5,15H2,(H,16,18)(H,17,25)(H,19,23)(H,20,24)(H,26,27). The highest BCUT2D eigenvalue weighted by Crippen LogP contribution is 1.97. The van der Waals surface area contributed by atoms with E-state index in [0.717, 1.165) is 0 Å². The van der Waals surface area contributed by atoms with E-state index in [0.29, 0.717) is 5.69 Å². The normalized spacial score (nSPS) is 13.9. The van der Waals surface area contributed by atoms with Gasteiger partial charge in [-0.15, -0.1) is 0 Å². The number of nitrogens with two attached hydrogens (primary N) is 1. The van der Waals surface area contributed by atoms with Crippen molar-refractivity contribution in [1.82, 2.24) is 25.9 Å².